The SMILES string of the molecule is C1=CCCCC(c2nc3ccccc3s2)=C1. The van der Waals surface area contributed by atoms with Gasteiger partial charge in [0, 0.05) is 0 Å². The Bertz CT molecular complexity index is 530. The van der Waals surface area contributed by atoms with Crippen molar-refractivity contribution in [1.82, 2.24) is 4.98 Å². The number of benzene rings is 1. The summed E-state index contributed by atoms with van der Waals surface area (Å²) < 4.78 is 1.28. The lowest BCUT2D eigenvalue weighted by atomic mass is 10.1. The largest absolute Gasteiger partial charge is 0.236 e. The minimum absolute atomic E-state index is 1.12. The van der Waals surface area contributed by atoms with Crippen LogP contribution in [0.5, 0.6) is 0 Å². The van der Waals surface area contributed by atoms with E-state index in [1.54, 1.807) is 11.3 Å². The zero-order valence-corrected chi connectivity index (χ0v) is 9.83. The molecule has 0 saturated heterocycles. The Kier molecular flexibility index (Phi) is 2.58. The summed E-state index contributed by atoms with van der Waals surface area (Å²) in [6, 6.07) is 8.35. The van der Waals surface area contributed by atoms with Crippen LogP contribution in [-0.4, -0.2) is 4.98 Å². The molecule has 2 heteroatoms. The van der Waals surface area contributed by atoms with Gasteiger partial charge in [0.25, 0.3) is 0 Å². The summed E-state index contributed by atoms with van der Waals surface area (Å²) in [6.45, 7) is 0. The van der Waals surface area contributed by atoms with Crippen LogP contribution in [0, 0.1) is 0 Å². The van der Waals surface area contributed by atoms with Crippen LogP contribution in [0.25, 0.3) is 15.8 Å². The Hall–Kier alpha value is -1.41. The number of nitrogens with zero attached hydrogens (tertiary/aromatic N) is 1. The summed E-state index contributed by atoms with van der Waals surface area (Å²) in [5, 5.41) is 1.19. The van der Waals surface area contributed by atoms with Crippen LogP contribution in [-0.2, 0) is 0 Å². The fourth-order valence-electron chi connectivity index (χ4n) is 1.96. The summed E-state index contributed by atoms with van der Waals surface area (Å²) in [5.41, 5.74) is 2.51. The minimum Gasteiger partial charge on any atom is -0.236 e. The molecule has 3 rings (SSSR count). The van der Waals surface area contributed by atoms with Gasteiger partial charge in [0.2, 0.25) is 0 Å². The van der Waals surface area contributed by atoms with Crippen molar-refractivity contribution < 1.29 is 0 Å². The topological polar surface area (TPSA) is 12.9 Å². The monoisotopic (exact) mass is 227 g/mol. The van der Waals surface area contributed by atoms with Crippen molar-refractivity contribution >= 4 is 27.1 Å². The lowest BCUT2D eigenvalue weighted by molar-refractivity contribution is 0.885. The van der Waals surface area contributed by atoms with E-state index < -0.39 is 0 Å². The number of para-hydroxylation sites is 1. The predicted octanol–water partition coefficient (Wildman–Crippen LogP) is 4.42. The number of thiazole rings is 1. The van der Waals surface area contributed by atoms with Crippen LogP contribution in [0.3, 0.4) is 0 Å². The second-order valence-electron chi connectivity index (χ2n) is 4.00. The van der Waals surface area contributed by atoms with Crippen LogP contribution in [0.4, 0.5) is 0 Å². The summed E-state index contributed by atoms with van der Waals surface area (Å²) >= 11 is 1.80. The zero-order chi connectivity index (χ0) is 10.8. The van der Waals surface area contributed by atoms with Crippen LogP contribution in [0.1, 0.15) is 24.3 Å². The van der Waals surface area contributed by atoms with E-state index in [4.69, 9.17) is 4.98 Å². The Morgan fingerprint density at radius 2 is 2.12 bits per heavy atom. The van der Waals surface area contributed by atoms with Crippen molar-refractivity contribution in [2.75, 3.05) is 0 Å². The Morgan fingerprint density at radius 1 is 1.19 bits per heavy atom. The van der Waals surface area contributed by atoms with E-state index in [9.17, 15) is 0 Å². The average Bonchev–Trinajstić information content (AvgIpc) is 2.56. The molecular weight excluding hydrogens is 214 g/mol. The van der Waals surface area contributed by atoms with E-state index in [2.05, 4.69) is 36.4 Å². The lowest BCUT2D eigenvalue weighted by Crippen LogP contribution is -1.81. The van der Waals surface area contributed by atoms with Gasteiger partial charge in [-0.1, -0.05) is 30.4 Å². The van der Waals surface area contributed by atoms with Gasteiger partial charge in [0.15, 0.2) is 0 Å². The van der Waals surface area contributed by atoms with Crippen molar-refractivity contribution in [1.29, 1.82) is 0 Å². The van der Waals surface area contributed by atoms with Gasteiger partial charge in [-0.2, -0.15) is 0 Å². The normalized spacial score (nSPS) is 16.1. The highest BCUT2D eigenvalue weighted by atomic mass is 32.1. The molecule has 1 aliphatic carbocycles. The molecular formula is C14H13NS. The second-order valence-corrected chi connectivity index (χ2v) is 5.03. The number of rotatable bonds is 1. The minimum atomic E-state index is 1.12. The maximum atomic E-state index is 4.69. The molecule has 0 unspecified atom stereocenters. The van der Waals surface area contributed by atoms with Crippen LogP contribution >= 0.6 is 11.3 Å². The van der Waals surface area contributed by atoms with Crippen molar-refractivity contribution in [3.05, 3.63) is 47.5 Å². The maximum Gasteiger partial charge on any atom is 0.120 e. The lowest BCUT2D eigenvalue weighted by Gasteiger charge is -1.98. The number of hydrogen-bond donors (Lipinski definition) is 0. The molecule has 80 valence electrons. The molecule has 0 aliphatic heterocycles. The molecule has 1 aliphatic rings. The van der Waals surface area contributed by atoms with E-state index in [1.165, 1.54) is 28.1 Å². The molecule has 1 nitrogen and oxygen atoms in total. The van der Waals surface area contributed by atoms with Gasteiger partial charge < -0.3 is 0 Å². The molecule has 0 bridgehead atoms. The van der Waals surface area contributed by atoms with Gasteiger partial charge in [-0.3, -0.25) is 0 Å². The highest BCUT2D eigenvalue weighted by Gasteiger charge is 2.08. The van der Waals surface area contributed by atoms with Gasteiger partial charge in [-0.05, 0) is 37.0 Å². The third kappa shape index (κ3) is 1.81. The highest BCUT2D eigenvalue weighted by molar-refractivity contribution is 7.19. The molecule has 0 amide bonds. The van der Waals surface area contributed by atoms with Gasteiger partial charge >= 0.3 is 0 Å². The molecule has 2 aromatic rings. The summed E-state index contributed by atoms with van der Waals surface area (Å²) in [7, 11) is 0. The van der Waals surface area contributed by atoms with Gasteiger partial charge in [0.1, 0.15) is 5.01 Å². The Morgan fingerprint density at radius 3 is 3.06 bits per heavy atom. The number of allylic oxidation sites excluding steroid dienone is 4. The number of fused-ring (bicyclic) bond motifs is 1. The molecule has 16 heavy (non-hydrogen) atoms. The zero-order valence-electron chi connectivity index (χ0n) is 9.02. The molecule has 1 aromatic carbocycles. The molecule has 0 spiro atoms. The van der Waals surface area contributed by atoms with E-state index in [-0.39, 0.29) is 0 Å². The fraction of sp³-hybridized carbons (Fsp3) is 0.214. The third-order valence-corrected chi connectivity index (χ3v) is 3.93. The standard InChI is InChI=1S/C14H13NS/c1-2-4-8-11(7-3-1)14-15-12-9-5-6-10-13(12)16-14/h1,3,5-7,9-10H,2,4,8H2. The van der Waals surface area contributed by atoms with Crippen molar-refractivity contribution in [3.8, 4) is 0 Å². The Balaban J connectivity index is 2.05. The number of aromatic nitrogens is 1. The Labute approximate surface area is 99.1 Å². The fourth-order valence-corrected chi connectivity index (χ4v) is 2.98. The van der Waals surface area contributed by atoms with Gasteiger partial charge in [-0.25, -0.2) is 4.98 Å². The van der Waals surface area contributed by atoms with Crippen LogP contribution < -0.4 is 0 Å². The van der Waals surface area contributed by atoms with Gasteiger partial charge in [-0.15, -0.1) is 11.3 Å². The molecule has 0 radical (unpaired) electrons. The van der Waals surface area contributed by atoms with Gasteiger partial charge in [0.05, 0.1) is 10.2 Å². The highest BCUT2D eigenvalue weighted by Crippen LogP contribution is 2.30. The summed E-state index contributed by atoms with van der Waals surface area (Å²) in [4.78, 5) is 4.69. The quantitative estimate of drug-likeness (QED) is 0.702. The second kappa shape index (κ2) is 4.22. The van der Waals surface area contributed by atoms with Crippen molar-refractivity contribution in [3.63, 3.8) is 0 Å². The predicted molar refractivity (Wildman–Crippen MR) is 70.6 cm³/mol. The first-order chi connectivity index (χ1) is 7.93. The van der Waals surface area contributed by atoms with Crippen LogP contribution in [0.15, 0.2) is 42.5 Å². The molecule has 0 saturated carbocycles. The van der Waals surface area contributed by atoms with Crippen LogP contribution in [0.2, 0.25) is 0 Å². The summed E-state index contributed by atoms with van der Waals surface area (Å²) in [6.07, 6.45) is 10.2. The molecule has 0 atom stereocenters. The summed E-state index contributed by atoms with van der Waals surface area (Å²) in [5.74, 6) is 0. The smallest absolute Gasteiger partial charge is 0.120 e. The first-order valence-electron chi connectivity index (χ1n) is 5.65. The van der Waals surface area contributed by atoms with E-state index >= 15 is 0 Å². The maximum absolute atomic E-state index is 4.69. The number of hydrogen-bond acceptors (Lipinski definition) is 2. The molecule has 0 N–H and O–H groups in total. The van der Waals surface area contributed by atoms with E-state index in [1.807, 2.05) is 6.07 Å². The molecule has 1 aromatic heterocycles. The van der Waals surface area contributed by atoms with E-state index in [0.717, 1.165) is 11.9 Å². The van der Waals surface area contributed by atoms with Crippen molar-refractivity contribution in [2.24, 2.45) is 0 Å². The van der Waals surface area contributed by atoms with Crippen molar-refractivity contribution in [2.45, 2.75) is 19.3 Å². The first-order valence-corrected chi connectivity index (χ1v) is 6.47. The first kappa shape index (κ1) is 9.79. The molecule has 1 heterocycles. The van der Waals surface area contributed by atoms with E-state index in [0.29, 0.717) is 0 Å². The third-order valence-electron chi connectivity index (χ3n) is 2.82. The molecule has 0 fully saturated rings. The average molecular weight is 227 g/mol.